The molecule has 3 aromatic carbocycles. The Kier molecular flexibility index (Phi) is 8.16. The molecular formula is C29H23FN2O6S. The number of rotatable bonds is 9. The van der Waals surface area contributed by atoms with E-state index in [9.17, 15) is 23.9 Å². The number of carboxylic acids is 1. The highest BCUT2D eigenvalue weighted by Gasteiger charge is 2.35. The molecule has 3 aromatic rings. The van der Waals surface area contributed by atoms with Gasteiger partial charge in [-0.1, -0.05) is 30.3 Å². The van der Waals surface area contributed by atoms with E-state index in [0.717, 1.165) is 4.90 Å². The van der Waals surface area contributed by atoms with Crippen molar-refractivity contribution < 1.29 is 33.4 Å². The molecular weight excluding hydrogens is 523 g/mol. The molecule has 2 N–H and O–H groups in total. The molecule has 198 valence electrons. The molecule has 39 heavy (non-hydrogen) atoms. The molecule has 0 aliphatic carbocycles. The first kappa shape index (κ1) is 27.2. The molecule has 10 heteroatoms. The van der Waals surface area contributed by atoms with Gasteiger partial charge in [-0.3, -0.25) is 19.8 Å². The SMILES string of the molecule is C=CCc1cc(C=C2C(=O)NC(=S)N(c3cccc(C(=O)O)c3)C2=O)cc(OC)c1OCc1ccccc1F. The Morgan fingerprint density at radius 3 is 2.59 bits per heavy atom. The number of ether oxygens (including phenoxy) is 2. The zero-order valence-corrected chi connectivity index (χ0v) is 21.6. The van der Waals surface area contributed by atoms with Crippen molar-refractivity contribution in [3.63, 3.8) is 0 Å². The maximum absolute atomic E-state index is 14.1. The lowest BCUT2D eigenvalue weighted by Gasteiger charge is -2.29. The van der Waals surface area contributed by atoms with E-state index in [1.54, 1.807) is 36.4 Å². The number of hydrogen-bond acceptors (Lipinski definition) is 6. The lowest BCUT2D eigenvalue weighted by atomic mass is 10.0. The number of benzene rings is 3. The maximum Gasteiger partial charge on any atom is 0.335 e. The summed E-state index contributed by atoms with van der Waals surface area (Å²) in [4.78, 5) is 38.7. The molecule has 2 amide bonds. The second-order valence-corrected chi connectivity index (χ2v) is 8.78. The number of nitrogens with zero attached hydrogens (tertiary/aromatic N) is 1. The van der Waals surface area contributed by atoms with E-state index in [0.29, 0.717) is 34.6 Å². The number of hydrogen-bond donors (Lipinski definition) is 2. The van der Waals surface area contributed by atoms with Crippen LogP contribution in [0.3, 0.4) is 0 Å². The first-order valence-electron chi connectivity index (χ1n) is 11.7. The number of carbonyl (C=O) groups excluding carboxylic acids is 2. The summed E-state index contributed by atoms with van der Waals surface area (Å²) in [7, 11) is 1.44. The van der Waals surface area contributed by atoms with E-state index in [-0.39, 0.29) is 28.5 Å². The summed E-state index contributed by atoms with van der Waals surface area (Å²) in [5.41, 5.74) is 1.37. The predicted molar refractivity (Wildman–Crippen MR) is 147 cm³/mol. The number of anilines is 1. The lowest BCUT2D eigenvalue weighted by molar-refractivity contribution is -0.122. The van der Waals surface area contributed by atoms with Crippen LogP contribution < -0.4 is 19.7 Å². The van der Waals surface area contributed by atoms with Gasteiger partial charge in [0.05, 0.1) is 18.4 Å². The van der Waals surface area contributed by atoms with Crippen molar-refractivity contribution in [3.8, 4) is 11.5 Å². The molecule has 0 saturated carbocycles. The number of halogens is 1. The average molecular weight is 547 g/mol. The number of methoxy groups -OCH3 is 1. The van der Waals surface area contributed by atoms with E-state index >= 15 is 0 Å². The molecule has 1 fully saturated rings. The molecule has 0 radical (unpaired) electrons. The van der Waals surface area contributed by atoms with Crippen molar-refractivity contribution >= 4 is 46.9 Å². The number of amides is 2. The third kappa shape index (κ3) is 5.86. The Hall–Kier alpha value is -4.83. The van der Waals surface area contributed by atoms with E-state index in [1.165, 1.54) is 43.5 Å². The third-order valence-corrected chi connectivity index (χ3v) is 6.12. The maximum atomic E-state index is 14.1. The molecule has 1 heterocycles. The van der Waals surface area contributed by atoms with Crippen LogP contribution in [-0.4, -0.2) is 35.1 Å². The fourth-order valence-corrected chi connectivity index (χ4v) is 4.27. The first-order valence-corrected chi connectivity index (χ1v) is 12.1. The van der Waals surface area contributed by atoms with Crippen LogP contribution >= 0.6 is 12.2 Å². The Morgan fingerprint density at radius 2 is 1.90 bits per heavy atom. The quantitative estimate of drug-likeness (QED) is 0.174. The smallest absolute Gasteiger partial charge is 0.335 e. The summed E-state index contributed by atoms with van der Waals surface area (Å²) in [6.07, 6.45) is 3.39. The number of allylic oxidation sites excluding steroid dienone is 1. The van der Waals surface area contributed by atoms with Crippen molar-refractivity contribution in [1.82, 2.24) is 5.32 Å². The van der Waals surface area contributed by atoms with Gasteiger partial charge in [-0.05, 0) is 66.7 Å². The lowest BCUT2D eigenvalue weighted by Crippen LogP contribution is -2.54. The van der Waals surface area contributed by atoms with Crippen LogP contribution in [-0.2, 0) is 22.6 Å². The minimum absolute atomic E-state index is 0.0453. The Morgan fingerprint density at radius 1 is 1.13 bits per heavy atom. The van der Waals surface area contributed by atoms with E-state index < -0.39 is 23.6 Å². The summed E-state index contributed by atoms with van der Waals surface area (Å²) in [6, 6.07) is 15.2. The Labute approximate surface area is 229 Å². The van der Waals surface area contributed by atoms with Crippen LogP contribution in [0.15, 0.2) is 78.9 Å². The number of nitrogens with one attached hydrogen (secondary N) is 1. The van der Waals surface area contributed by atoms with Crippen LogP contribution in [0.1, 0.15) is 27.0 Å². The molecule has 0 bridgehead atoms. The molecule has 1 saturated heterocycles. The highest BCUT2D eigenvalue weighted by Crippen LogP contribution is 2.35. The summed E-state index contributed by atoms with van der Waals surface area (Å²) >= 11 is 5.20. The number of carboxylic acid groups (broad SMARTS) is 1. The summed E-state index contributed by atoms with van der Waals surface area (Å²) in [5.74, 6) is -2.33. The van der Waals surface area contributed by atoms with Crippen molar-refractivity contribution in [2.75, 3.05) is 12.0 Å². The standard InChI is InChI=1S/C29H23FN2O6S/c1-3-7-18-12-17(14-24(37-2)25(18)38-16-20-8-4-5-11-23(20)30)13-22-26(33)31-29(39)32(27(22)34)21-10-6-9-19(15-21)28(35)36/h3-6,8-15H,1,7,16H2,2H3,(H,35,36)(H,31,33,39). The molecule has 0 unspecified atom stereocenters. The van der Waals surface area contributed by atoms with Gasteiger partial charge in [-0.15, -0.1) is 6.58 Å². The van der Waals surface area contributed by atoms with E-state index in [4.69, 9.17) is 21.7 Å². The molecule has 0 atom stereocenters. The normalized spacial score (nSPS) is 14.3. The molecule has 8 nitrogen and oxygen atoms in total. The van der Waals surface area contributed by atoms with Crippen LogP contribution in [0.4, 0.5) is 10.1 Å². The highest BCUT2D eigenvalue weighted by atomic mass is 32.1. The molecule has 4 rings (SSSR count). The van der Waals surface area contributed by atoms with Gasteiger partial charge in [0.15, 0.2) is 16.6 Å². The average Bonchev–Trinajstić information content (AvgIpc) is 2.91. The summed E-state index contributed by atoms with van der Waals surface area (Å²) in [5, 5.41) is 11.6. The minimum Gasteiger partial charge on any atom is -0.493 e. The molecule has 1 aliphatic rings. The monoisotopic (exact) mass is 546 g/mol. The van der Waals surface area contributed by atoms with Crippen molar-refractivity contribution in [3.05, 3.63) is 107 Å². The summed E-state index contributed by atoms with van der Waals surface area (Å²) < 4.78 is 25.6. The second-order valence-electron chi connectivity index (χ2n) is 8.40. The molecule has 0 spiro atoms. The van der Waals surface area contributed by atoms with Gasteiger partial charge in [0.2, 0.25) is 0 Å². The molecule has 0 aromatic heterocycles. The van der Waals surface area contributed by atoms with Crippen LogP contribution in [0.2, 0.25) is 0 Å². The minimum atomic E-state index is -1.17. The fraction of sp³-hybridized carbons (Fsp3) is 0.103. The Bertz CT molecular complexity index is 1530. The number of carbonyl (C=O) groups is 3. The van der Waals surface area contributed by atoms with Crippen molar-refractivity contribution in [1.29, 1.82) is 0 Å². The van der Waals surface area contributed by atoms with E-state index in [2.05, 4.69) is 11.9 Å². The number of thiocarbonyl (C=S) groups is 1. The fourth-order valence-electron chi connectivity index (χ4n) is 3.99. The van der Waals surface area contributed by atoms with Gasteiger partial charge in [0.25, 0.3) is 11.8 Å². The Balaban J connectivity index is 1.71. The third-order valence-electron chi connectivity index (χ3n) is 5.83. The van der Waals surface area contributed by atoms with Crippen LogP contribution in [0.25, 0.3) is 6.08 Å². The van der Waals surface area contributed by atoms with Gasteiger partial charge >= 0.3 is 5.97 Å². The zero-order valence-electron chi connectivity index (χ0n) is 20.8. The number of aromatic carboxylic acids is 1. The van der Waals surface area contributed by atoms with Gasteiger partial charge < -0.3 is 14.6 Å². The largest absolute Gasteiger partial charge is 0.493 e. The van der Waals surface area contributed by atoms with Gasteiger partial charge in [0.1, 0.15) is 18.0 Å². The zero-order chi connectivity index (χ0) is 28.1. The van der Waals surface area contributed by atoms with Crippen molar-refractivity contribution in [2.24, 2.45) is 0 Å². The summed E-state index contributed by atoms with van der Waals surface area (Å²) in [6.45, 7) is 3.73. The van der Waals surface area contributed by atoms with Gasteiger partial charge in [-0.2, -0.15) is 0 Å². The van der Waals surface area contributed by atoms with Crippen molar-refractivity contribution in [2.45, 2.75) is 13.0 Å². The predicted octanol–water partition coefficient (Wildman–Crippen LogP) is 4.67. The van der Waals surface area contributed by atoms with Gasteiger partial charge in [0, 0.05) is 11.1 Å². The topological polar surface area (TPSA) is 105 Å². The van der Waals surface area contributed by atoms with Crippen LogP contribution in [0, 0.1) is 5.82 Å². The first-order chi connectivity index (χ1) is 18.7. The van der Waals surface area contributed by atoms with Gasteiger partial charge in [-0.25, -0.2) is 9.18 Å². The second kappa shape index (κ2) is 11.7. The molecule has 1 aliphatic heterocycles. The van der Waals surface area contributed by atoms with E-state index in [1.807, 2.05) is 0 Å². The van der Waals surface area contributed by atoms with Crippen LogP contribution in [0.5, 0.6) is 11.5 Å². The highest BCUT2D eigenvalue weighted by molar-refractivity contribution is 7.80.